The second-order valence-corrected chi connectivity index (χ2v) is 3.56. The van der Waals surface area contributed by atoms with Gasteiger partial charge in [0, 0.05) is 21.3 Å². The normalized spacial score (nSPS) is 9.38. The molecule has 0 amide bonds. The van der Waals surface area contributed by atoms with Gasteiger partial charge in [-0.25, -0.2) is 0 Å². The Hall–Kier alpha value is 0.526. The Labute approximate surface area is 91.7 Å². The predicted molar refractivity (Wildman–Crippen MR) is 49.3 cm³/mol. The van der Waals surface area contributed by atoms with E-state index in [1.54, 1.807) is 0 Å². The van der Waals surface area contributed by atoms with Crippen molar-refractivity contribution in [1.82, 2.24) is 0 Å². The average molecular weight is 252 g/mol. The first-order chi connectivity index (χ1) is 5.81. The fraction of sp³-hybridized carbons (Fsp3) is 1.00. The average Bonchev–Trinajstić information content (AvgIpc) is 2.06. The zero-order chi connectivity index (χ0) is 9.23. The minimum absolute atomic E-state index is 0. The largest absolute Gasteiger partial charge is 0.697 e. The van der Waals surface area contributed by atoms with E-state index in [1.165, 1.54) is 0 Å². The van der Waals surface area contributed by atoms with Crippen molar-refractivity contribution in [2.75, 3.05) is 13.2 Å². The van der Waals surface area contributed by atoms with E-state index in [9.17, 15) is 4.57 Å². The van der Waals surface area contributed by atoms with Gasteiger partial charge in [-0.15, -0.1) is 9.05 Å². The maximum atomic E-state index is 10.9. The van der Waals surface area contributed by atoms with Crippen molar-refractivity contribution in [3.63, 3.8) is 0 Å². The van der Waals surface area contributed by atoms with Crippen molar-refractivity contribution >= 4 is 8.25 Å². The Morgan fingerprint density at radius 1 is 1.00 bits per heavy atom. The molecule has 0 atom stereocenters. The smallest absolute Gasteiger partial charge is 0.119 e. The summed E-state index contributed by atoms with van der Waals surface area (Å²) in [5.74, 6) is 0. The van der Waals surface area contributed by atoms with E-state index >= 15 is 0 Å². The molecule has 0 aromatic rings. The molecule has 0 fully saturated rings. The van der Waals surface area contributed by atoms with Gasteiger partial charge < -0.3 is 0 Å². The van der Waals surface area contributed by atoms with Crippen LogP contribution in [-0.2, 0) is 30.4 Å². The molecule has 0 aliphatic carbocycles. The summed E-state index contributed by atoms with van der Waals surface area (Å²) in [5, 5.41) is 0. The molecule has 81 valence electrons. The molecular weight excluding hydrogens is 234 g/mol. The minimum atomic E-state index is -1.85. The maximum absolute atomic E-state index is 10.9. The molecule has 0 N–H and O–H groups in total. The van der Waals surface area contributed by atoms with Crippen LogP contribution < -0.4 is 0 Å². The Kier molecular flexibility index (Phi) is 15.4. The summed E-state index contributed by atoms with van der Waals surface area (Å²) in [6.45, 7) is 5.21. The van der Waals surface area contributed by atoms with Crippen molar-refractivity contribution in [3.05, 3.63) is 0 Å². The van der Waals surface area contributed by atoms with Gasteiger partial charge in [0.1, 0.15) is 13.2 Å². The summed E-state index contributed by atoms with van der Waals surface area (Å²) in [4.78, 5) is 0. The van der Waals surface area contributed by atoms with Crippen molar-refractivity contribution in [3.8, 4) is 0 Å². The van der Waals surface area contributed by atoms with Crippen molar-refractivity contribution < 1.29 is 30.4 Å². The molecule has 5 heteroatoms. The summed E-state index contributed by atoms with van der Waals surface area (Å²) in [5.41, 5.74) is 0. The van der Waals surface area contributed by atoms with Gasteiger partial charge in [-0.05, 0) is 12.8 Å². The van der Waals surface area contributed by atoms with Gasteiger partial charge >= 0.3 is 8.25 Å². The van der Waals surface area contributed by atoms with Gasteiger partial charge in [-0.2, -0.15) is 0 Å². The molecular formula is C8H18CoO3P+. The summed E-state index contributed by atoms with van der Waals surface area (Å²) in [6, 6.07) is 0. The van der Waals surface area contributed by atoms with Crippen molar-refractivity contribution in [1.29, 1.82) is 0 Å². The van der Waals surface area contributed by atoms with Crippen LogP contribution in [0.3, 0.4) is 0 Å². The molecule has 0 aromatic heterocycles. The van der Waals surface area contributed by atoms with E-state index in [1.807, 2.05) is 0 Å². The molecule has 0 aliphatic heterocycles. The quantitative estimate of drug-likeness (QED) is 0.491. The monoisotopic (exact) mass is 252 g/mol. The molecule has 0 saturated heterocycles. The topological polar surface area (TPSA) is 35.5 Å². The zero-order valence-electron chi connectivity index (χ0n) is 8.25. The second-order valence-electron chi connectivity index (χ2n) is 2.60. The molecule has 0 rings (SSSR count). The van der Waals surface area contributed by atoms with E-state index in [0.717, 1.165) is 25.7 Å². The summed E-state index contributed by atoms with van der Waals surface area (Å²) >= 11 is 0. The van der Waals surface area contributed by atoms with E-state index < -0.39 is 8.25 Å². The Morgan fingerprint density at radius 2 is 1.38 bits per heavy atom. The predicted octanol–water partition coefficient (Wildman–Crippen LogP) is 3.27. The van der Waals surface area contributed by atoms with Crippen LogP contribution in [0.4, 0.5) is 0 Å². The fourth-order valence-electron chi connectivity index (χ4n) is 0.604. The minimum Gasteiger partial charge on any atom is -0.119 e. The van der Waals surface area contributed by atoms with E-state index in [2.05, 4.69) is 13.8 Å². The van der Waals surface area contributed by atoms with E-state index in [0.29, 0.717) is 13.2 Å². The molecule has 0 unspecified atom stereocenters. The molecule has 0 saturated carbocycles. The summed E-state index contributed by atoms with van der Waals surface area (Å²) in [7, 11) is -1.85. The van der Waals surface area contributed by atoms with Crippen LogP contribution in [0.25, 0.3) is 0 Å². The molecule has 0 spiro atoms. The molecule has 0 bridgehead atoms. The molecule has 3 nitrogen and oxygen atoms in total. The SMILES string of the molecule is CCCCO[P+](=O)OCCCC.[Co]. The van der Waals surface area contributed by atoms with Gasteiger partial charge in [-0.1, -0.05) is 26.7 Å². The zero-order valence-corrected chi connectivity index (χ0v) is 10.2. The third-order valence-electron chi connectivity index (χ3n) is 1.39. The van der Waals surface area contributed by atoms with Crippen molar-refractivity contribution in [2.24, 2.45) is 0 Å². The van der Waals surface area contributed by atoms with Gasteiger partial charge in [0.25, 0.3) is 0 Å². The van der Waals surface area contributed by atoms with Gasteiger partial charge in [0.2, 0.25) is 0 Å². The fourth-order valence-corrected chi connectivity index (χ4v) is 1.23. The van der Waals surface area contributed by atoms with Crippen LogP contribution in [0.15, 0.2) is 0 Å². The van der Waals surface area contributed by atoms with Gasteiger partial charge in [0.15, 0.2) is 0 Å². The standard InChI is InChI=1S/C8H18O3P.Co/c1-3-5-7-10-12(9)11-8-6-4-2;/h3-8H2,1-2H3;/q+1;. The van der Waals surface area contributed by atoms with Crippen molar-refractivity contribution in [2.45, 2.75) is 39.5 Å². The molecule has 0 aromatic carbocycles. The number of unbranched alkanes of at least 4 members (excludes halogenated alkanes) is 2. The summed E-state index contributed by atoms with van der Waals surface area (Å²) < 4.78 is 20.7. The maximum Gasteiger partial charge on any atom is 0.697 e. The van der Waals surface area contributed by atoms with E-state index in [-0.39, 0.29) is 16.8 Å². The number of rotatable bonds is 8. The third-order valence-corrected chi connectivity index (χ3v) is 2.18. The number of hydrogen-bond acceptors (Lipinski definition) is 3. The molecule has 0 heterocycles. The van der Waals surface area contributed by atoms with Gasteiger partial charge in [0.05, 0.1) is 0 Å². The van der Waals surface area contributed by atoms with Gasteiger partial charge in [-0.3, -0.25) is 0 Å². The Morgan fingerprint density at radius 3 is 1.69 bits per heavy atom. The molecule has 13 heavy (non-hydrogen) atoms. The molecule has 1 radical (unpaired) electrons. The third kappa shape index (κ3) is 12.5. The first kappa shape index (κ1) is 16.0. The van der Waals surface area contributed by atoms with Crippen LogP contribution in [0, 0.1) is 0 Å². The van der Waals surface area contributed by atoms with Crippen LogP contribution in [0.1, 0.15) is 39.5 Å². The van der Waals surface area contributed by atoms with Crippen LogP contribution >= 0.6 is 8.25 Å². The Balaban J connectivity index is 0. The van der Waals surface area contributed by atoms with Crippen LogP contribution in [0.2, 0.25) is 0 Å². The first-order valence-electron chi connectivity index (χ1n) is 4.54. The van der Waals surface area contributed by atoms with E-state index in [4.69, 9.17) is 9.05 Å². The summed E-state index contributed by atoms with van der Waals surface area (Å²) in [6.07, 6.45) is 3.99. The second kappa shape index (κ2) is 12.5. The number of hydrogen-bond donors (Lipinski definition) is 0. The molecule has 0 aliphatic rings. The van der Waals surface area contributed by atoms with Crippen LogP contribution in [0.5, 0.6) is 0 Å². The Bertz CT molecular complexity index is 110. The first-order valence-corrected chi connectivity index (χ1v) is 5.63. The van der Waals surface area contributed by atoms with Crippen LogP contribution in [-0.4, -0.2) is 13.2 Å².